The van der Waals surface area contributed by atoms with Crippen LogP contribution in [0.3, 0.4) is 0 Å². The van der Waals surface area contributed by atoms with Crippen LogP contribution in [0.25, 0.3) is 17.2 Å². The number of fused-ring (bicyclic) bond motifs is 1. The van der Waals surface area contributed by atoms with Crippen molar-refractivity contribution >= 4 is 11.6 Å². The summed E-state index contributed by atoms with van der Waals surface area (Å²) in [6.45, 7) is 3.77. The first-order valence-corrected chi connectivity index (χ1v) is 6.99. The van der Waals surface area contributed by atoms with E-state index in [9.17, 15) is 0 Å². The third-order valence-electron chi connectivity index (χ3n) is 3.58. The van der Waals surface area contributed by atoms with Gasteiger partial charge in [-0.15, -0.1) is 0 Å². The largest absolute Gasteiger partial charge is 0.338 e. The highest BCUT2D eigenvalue weighted by Gasteiger charge is 2.15. The van der Waals surface area contributed by atoms with Gasteiger partial charge in [0.1, 0.15) is 5.69 Å². The molecule has 0 unspecified atom stereocenters. The Balaban J connectivity index is 1.75. The van der Waals surface area contributed by atoms with Gasteiger partial charge >= 0.3 is 0 Å². The van der Waals surface area contributed by atoms with Crippen LogP contribution in [-0.4, -0.2) is 50.5 Å². The van der Waals surface area contributed by atoms with Gasteiger partial charge in [0.25, 0.3) is 0 Å². The molecule has 0 aliphatic carbocycles. The zero-order valence-corrected chi connectivity index (χ0v) is 11.5. The molecule has 21 heavy (non-hydrogen) atoms. The predicted octanol–water partition coefficient (Wildman–Crippen LogP) is 0.596. The lowest BCUT2D eigenvalue weighted by Gasteiger charge is -2.27. The maximum atomic E-state index is 4.66. The van der Waals surface area contributed by atoms with E-state index in [0.29, 0.717) is 0 Å². The third kappa shape index (κ3) is 2.21. The van der Waals surface area contributed by atoms with Gasteiger partial charge in [0.15, 0.2) is 11.5 Å². The van der Waals surface area contributed by atoms with E-state index in [1.807, 2.05) is 22.7 Å². The van der Waals surface area contributed by atoms with Gasteiger partial charge in [0, 0.05) is 44.8 Å². The first kappa shape index (κ1) is 12.2. The van der Waals surface area contributed by atoms with Crippen LogP contribution in [0, 0.1) is 0 Å². The molecule has 1 aliphatic heterocycles. The molecule has 0 atom stereocenters. The van der Waals surface area contributed by atoms with E-state index >= 15 is 0 Å². The van der Waals surface area contributed by atoms with Crippen LogP contribution in [0.4, 0.5) is 5.95 Å². The molecular weight excluding hydrogens is 266 g/mol. The fraction of sp³-hybridized carbons (Fsp3) is 0.286. The van der Waals surface area contributed by atoms with Crippen LogP contribution in [0.5, 0.6) is 0 Å². The summed E-state index contributed by atoms with van der Waals surface area (Å²) in [4.78, 5) is 20.0. The minimum Gasteiger partial charge on any atom is -0.338 e. The summed E-state index contributed by atoms with van der Waals surface area (Å²) in [5.41, 5.74) is 1.63. The van der Waals surface area contributed by atoms with Crippen LogP contribution < -0.4 is 10.2 Å². The van der Waals surface area contributed by atoms with Gasteiger partial charge in [-0.25, -0.2) is 19.9 Å². The maximum Gasteiger partial charge on any atom is 0.226 e. The molecule has 3 aromatic heterocycles. The Morgan fingerprint density at radius 3 is 2.86 bits per heavy atom. The summed E-state index contributed by atoms with van der Waals surface area (Å²) in [5.74, 6) is 1.55. The van der Waals surface area contributed by atoms with Gasteiger partial charge in [-0.05, 0) is 12.1 Å². The molecule has 0 amide bonds. The highest BCUT2D eigenvalue weighted by Crippen LogP contribution is 2.18. The molecule has 7 heteroatoms. The Morgan fingerprint density at radius 2 is 1.95 bits per heavy atom. The van der Waals surface area contributed by atoms with Gasteiger partial charge in [-0.3, -0.25) is 4.40 Å². The summed E-state index contributed by atoms with van der Waals surface area (Å²) in [6, 6.07) is 3.77. The predicted molar refractivity (Wildman–Crippen MR) is 79.1 cm³/mol. The van der Waals surface area contributed by atoms with Gasteiger partial charge in [-0.1, -0.05) is 0 Å². The first-order valence-electron chi connectivity index (χ1n) is 6.99. The standard InChI is InChI=1S/C14H15N7/c1-3-16-12-10-18-13(21(12)7-1)11-2-4-17-14(19-11)20-8-5-15-6-9-20/h1-4,7,10,15H,5-6,8-9H2. The van der Waals surface area contributed by atoms with E-state index in [0.717, 1.165) is 49.3 Å². The van der Waals surface area contributed by atoms with Crippen molar-refractivity contribution in [1.29, 1.82) is 0 Å². The summed E-state index contributed by atoms with van der Waals surface area (Å²) in [6.07, 6.45) is 7.24. The molecule has 4 rings (SSSR count). The molecule has 1 N–H and O–H groups in total. The molecule has 0 bridgehead atoms. The molecule has 1 saturated heterocycles. The number of imidazole rings is 1. The number of nitrogens with one attached hydrogen (secondary N) is 1. The second-order valence-corrected chi connectivity index (χ2v) is 4.91. The first-order chi connectivity index (χ1) is 10.4. The van der Waals surface area contributed by atoms with Crippen molar-refractivity contribution in [2.24, 2.45) is 0 Å². The minimum atomic E-state index is 0.759. The number of piperazine rings is 1. The van der Waals surface area contributed by atoms with E-state index < -0.39 is 0 Å². The van der Waals surface area contributed by atoms with Crippen LogP contribution in [0.2, 0.25) is 0 Å². The molecule has 0 radical (unpaired) electrons. The fourth-order valence-corrected chi connectivity index (χ4v) is 2.52. The van der Waals surface area contributed by atoms with Crippen molar-refractivity contribution < 1.29 is 0 Å². The summed E-state index contributed by atoms with van der Waals surface area (Å²) in [5, 5.41) is 3.33. The highest BCUT2D eigenvalue weighted by atomic mass is 15.3. The molecule has 0 saturated carbocycles. The molecule has 4 heterocycles. The maximum absolute atomic E-state index is 4.66. The van der Waals surface area contributed by atoms with E-state index in [-0.39, 0.29) is 0 Å². The number of hydrogen-bond donors (Lipinski definition) is 1. The van der Waals surface area contributed by atoms with Gasteiger partial charge in [0.2, 0.25) is 5.95 Å². The van der Waals surface area contributed by atoms with Crippen molar-refractivity contribution in [3.05, 3.63) is 36.9 Å². The minimum absolute atomic E-state index is 0.759. The second kappa shape index (κ2) is 5.10. The van der Waals surface area contributed by atoms with E-state index in [4.69, 9.17) is 0 Å². The van der Waals surface area contributed by atoms with E-state index in [2.05, 4.69) is 30.2 Å². The van der Waals surface area contributed by atoms with Crippen molar-refractivity contribution in [3.63, 3.8) is 0 Å². The summed E-state index contributed by atoms with van der Waals surface area (Å²) >= 11 is 0. The molecule has 0 aromatic carbocycles. The average Bonchev–Trinajstić information content (AvgIpc) is 3.00. The SMILES string of the molecule is c1cnc2cnc(-c3ccnc(N4CCNCC4)n3)n2c1. The monoisotopic (exact) mass is 281 g/mol. The molecule has 7 nitrogen and oxygen atoms in total. The van der Waals surface area contributed by atoms with E-state index in [1.165, 1.54) is 0 Å². The zero-order valence-electron chi connectivity index (χ0n) is 11.5. The van der Waals surface area contributed by atoms with E-state index in [1.54, 1.807) is 18.6 Å². The Hall–Kier alpha value is -2.54. The molecule has 1 fully saturated rings. The lowest BCUT2D eigenvalue weighted by atomic mass is 10.3. The molecule has 1 aliphatic rings. The number of anilines is 1. The van der Waals surface area contributed by atoms with Crippen molar-refractivity contribution in [2.45, 2.75) is 0 Å². The lowest BCUT2D eigenvalue weighted by Crippen LogP contribution is -2.44. The quantitative estimate of drug-likeness (QED) is 0.741. The zero-order chi connectivity index (χ0) is 14.1. The van der Waals surface area contributed by atoms with Gasteiger partial charge in [0.05, 0.1) is 6.20 Å². The summed E-state index contributed by atoms with van der Waals surface area (Å²) < 4.78 is 1.93. The summed E-state index contributed by atoms with van der Waals surface area (Å²) in [7, 11) is 0. The van der Waals surface area contributed by atoms with Crippen LogP contribution >= 0.6 is 0 Å². The van der Waals surface area contributed by atoms with Crippen molar-refractivity contribution in [2.75, 3.05) is 31.1 Å². The normalized spacial score (nSPS) is 15.5. The smallest absolute Gasteiger partial charge is 0.226 e. The average molecular weight is 281 g/mol. The van der Waals surface area contributed by atoms with Crippen LogP contribution in [0.1, 0.15) is 0 Å². The Kier molecular flexibility index (Phi) is 2.97. The van der Waals surface area contributed by atoms with Gasteiger partial charge in [-0.2, -0.15) is 0 Å². The Bertz CT molecular complexity index is 761. The fourth-order valence-electron chi connectivity index (χ4n) is 2.52. The Morgan fingerprint density at radius 1 is 1.05 bits per heavy atom. The molecule has 0 spiro atoms. The highest BCUT2D eigenvalue weighted by molar-refractivity contribution is 5.57. The van der Waals surface area contributed by atoms with Crippen molar-refractivity contribution in [3.8, 4) is 11.5 Å². The van der Waals surface area contributed by atoms with Crippen LogP contribution in [-0.2, 0) is 0 Å². The lowest BCUT2D eigenvalue weighted by molar-refractivity contribution is 0.580. The third-order valence-corrected chi connectivity index (χ3v) is 3.58. The number of rotatable bonds is 2. The molecular formula is C14H15N7. The Labute approximate surface area is 121 Å². The second-order valence-electron chi connectivity index (χ2n) is 4.91. The number of hydrogen-bond acceptors (Lipinski definition) is 6. The number of nitrogens with zero attached hydrogens (tertiary/aromatic N) is 6. The topological polar surface area (TPSA) is 71.2 Å². The number of aromatic nitrogens is 5. The van der Waals surface area contributed by atoms with Gasteiger partial charge < -0.3 is 10.2 Å². The molecule has 106 valence electrons. The van der Waals surface area contributed by atoms with Crippen LogP contribution in [0.15, 0.2) is 36.9 Å². The molecule has 3 aromatic rings. The van der Waals surface area contributed by atoms with Crippen molar-refractivity contribution in [1.82, 2.24) is 29.7 Å².